The smallest absolute Gasteiger partial charge is 0.354 e. The lowest BCUT2D eigenvalue weighted by Gasteiger charge is -2.19. The summed E-state index contributed by atoms with van der Waals surface area (Å²) < 4.78 is 75.0. The van der Waals surface area contributed by atoms with Crippen LogP contribution in [0.2, 0.25) is 0 Å². The number of aromatic nitrogens is 8. The number of imide groups is 1. The summed E-state index contributed by atoms with van der Waals surface area (Å²) in [7, 11) is 10.9. The van der Waals surface area contributed by atoms with Crippen molar-refractivity contribution >= 4 is 66.5 Å². The number of urea groups is 2. The molecule has 10 aromatic rings. The zero-order chi connectivity index (χ0) is 60.5. The number of nitrogens with zero attached hydrogens (tertiary/aromatic N) is 11. The van der Waals surface area contributed by atoms with Crippen LogP contribution < -0.4 is 42.6 Å². The molecule has 0 atom stereocenters. The molecule has 10 rings (SSSR count). The fourth-order valence-corrected chi connectivity index (χ4v) is 12.0. The molecule has 28 heteroatoms. The maximum Gasteiger partial charge on any atom is 0.354 e. The second-order valence-corrected chi connectivity index (χ2v) is 21.4. The molecule has 85 heavy (non-hydrogen) atoms. The third-order valence-corrected chi connectivity index (χ3v) is 15.9. The Bertz CT molecular complexity index is 4150. The van der Waals surface area contributed by atoms with Gasteiger partial charge in [0.1, 0.15) is 32.9 Å². The van der Waals surface area contributed by atoms with Crippen LogP contribution in [0, 0.1) is 23.3 Å². The van der Waals surface area contributed by atoms with Crippen molar-refractivity contribution < 1.29 is 41.5 Å². The third kappa shape index (κ3) is 11.4. The molecule has 0 aliphatic rings. The Morgan fingerprint density at radius 3 is 1.18 bits per heavy atom. The lowest BCUT2D eigenvalue weighted by molar-refractivity contribution is -0.0373. The molecule has 0 aliphatic carbocycles. The van der Waals surface area contributed by atoms with Crippen LogP contribution in [0.25, 0.3) is 53.0 Å². The zero-order valence-corrected chi connectivity index (χ0v) is 47.8. The fraction of sp³-hybridized carbons (Fsp3) is 0.193. The number of hydrogen-bond acceptors (Lipinski definition) is 17. The SMILES string of the molecule is COc1ccc(-n2c(=O)c3c(CN(C)C)c(-c4ccc(NC(=O)N(OC)C(=O)Nc5ccc(-c6sc7c(c6CN(C)C)c(=O)n(-c6ccc(OC)nn6)c(=O)n7Cc6c(F)cccc6F)cc5)cc4)sc3n(Cc3c(F)cccc3F)c2=O)nn1. The summed E-state index contributed by atoms with van der Waals surface area (Å²) in [5.74, 6) is -3.72. The summed E-state index contributed by atoms with van der Waals surface area (Å²) in [6, 6.07) is 22.9. The van der Waals surface area contributed by atoms with Crippen molar-refractivity contribution in [3.05, 3.63) is 196 Å². The molecule has 6 aromatic heterocycles. The number of anilines is 2. The molecule has 0 aliphatic heterocycles. The molecule has 0 radical (unpaired) electrons. The van der Waals surface area contributed by atoms with Crippen LogP contribution in [0.1, 0.15) is 22.3 Å². The highest BCUT2D eigenvalue weighted by molar-refractivity contribution is 7.22. The van der Waals surface area contributed by atoms with E-state index in [4.69, 9.17) is 14.3 Å². The molecule has 436 valence electrons. The Kier molecular flexibility index (Phi) is 16.7. The van der Waals surface area contributed by atoms with Crippen molar-refractivity contribution in [1.29, 1.82) is 0 Å². The second-order valence-electron chi connectivity index (χ2n) is 19.4. The van der Waals surface area contributed by atoms with Gasteiger partial charge in [0, 0.05) is 57.5 Å². The molecule has 0 spiro atoms. The van der Waals surface area contributed by atoms with Gasteiger partial charge < -0.3 is 29.9 Å². The summed E-state index contributed by atoms with van der Waals surface area (Å²) in [6.07, 6.45) is 0. The minimum atomic E-state index is -1.00. The Morgan fingerprint density at radius 2 is 0.871 bits per heavy atom. The van der Waals surface area contributed by atoms with E-state index in [9.17, 15) is 28.8 Å². The zero-order valence-electron chi connectivity index (χ0n) is 46.1. The number of halogens is 4. The standard InChI is InChI=1S/C57H49F4N13O9S2/c1-68(2)26-36-46-50(75)72(42-22-24-44(81-5)66-64-42)56(79)70(28-34-38(58)10-8-11-39(34)59)52(46)84-48(36)30-14-18-32(19-15-30)62-54(77)74(83-7)55(78)63-33-20-16-31(17-21-33)49-37(27-69(3)4)47-51(76)73(43-23-25-45(82-6)67-65-43)57(80)71(53(47)85-49)29-35-40(60)12-9-13-41(35)61/h8-25H,26-29H2,1-7H3,(H,62,77)(H,63,78). The van der Waals surface area contributed by atoms with Gasteiger partial charge in [0.2, 0.25) is 11.8 Å². The van der Waals surface area contributed by atoms with Crippen molar-refractivity contribution in [3.8, 4) is 44.3 Å². The number of fused-ring (bicyclic) bond motifs is 2. The van der Waals surface area contributed by atoms with E-state index in [0.717, 1.165) is 72.3 Å². The van der Waals surface area contributed by atoms with E-state index < -0.39 is 82.0 Å². The van der Waals surface area contributed by atoms with E-state index >= 15 is 17.6 Å². The van der Waals surface area contributed by atoms with Crippen molar-refractivity contribution in [3.63, 3.8) is 0 Å². The number of benzene rings is 4. The number of hydrogen-bond donors (Lipinski definition) is 2. The normalized spacial score (nSPS) is 11.5. The number of amides is 4. The monoisotopic (exact) mass is 1200 g/mol. The van der Waals surface area contributed by atoms with Gasteiger partial charge in [-0.1, -0.05) is 36.4 Å². The fourth-order valence-electron chi connectivity index (χ4n) is 9.40. The number of carbonyl (C=O) groups excluding carboxylic acids is 2. The van der Waals surface area contributed by atoms with Gasteiger partial charge in [0.15, 0.2) is 11.6 Å². The van der Waals surface area contributed by atoms with Gasteiger partial charge in [-0.3, -0.25) is 23.6 Å². The molecule has 0 saturated heterocycles. The molecule has 0 saturated carbocycles. The van der Waals surface area contributed by atoms with Gasteiger partial charge in [-0.15, -0.1) is 48.1 Å². The van der Waals surface area contributed by atoms with Gasteiger partial charge in [-0.05, 0) is 111 Å². The number of carbonyl (C=O) groups is 2. The highest BCUT2D eigenvalue weighted by Gasteiger charge is 2.29. The minimum absolute atomic E-state index is 0.0854. The first-order valence-electron chi connectivity index (χ1n) is 25.5. The van der Waals surface area contributed by atoms with Crippen LogP contribution in [0.3, 0.4) is 0 Å². The molecular formula is C57H49F4N13O9S2. The lowest BCUT2D eigenvalue weighted by Crippen LogP contribution is -2.41. The highest BCUT2D eigenvalue weighted by atomic mass is 32.1. The predicted octanol–water partition coefficient (Wildman–Crippen LogP) is 8.08. The maximum atomic E-state index is 15.2. The summed E-state index contributed by atoms with van der Waals surface area (Å²) in [4.78, 5) is 95.5. The lowest BCUT2D eigenvalue weighted by atomic mass is 10.1. The number of hydroxylamine groups is 2. The Morgan fingerprint density at radius 1 is 0.506 bits per heavy atom. The number of rotatable bonds is 17. The van der Waals surface area contributed by atoms with E-state index in [1.807, 2.05) is 0 Å². The average molecular weight is 1200 g/mol. The average Bonchev–Trinajstić information content (AvgIpc) is 4.23. The van der Waals surface area contributed by atoms with Crippen molar-refractivity contribution in [2.75, 3.05) is 60.2 Å². The van der Waals surface area contributed by atoms with E-state index in [0.29, 0.717) is 37.1 Å². The van der Waals surface area contributed by atoms with Crippen LogP contribution >= 0.6 is 22.7 Å². The molecule has 2 N–H and O–H groups in total. The van der Waals surface area contributed by atoms with E-state index in [1.165, 1.54) is 74.9 Å². The van der Waals surface area contributed by atoms with E-state index in [1.54, 1.807) is 62.3 Å². The third-order valence-electron chi connectivity index (χ3n) is 13.3. The van der Waals surface area contributed by atoms with Crippen LogP contribution in [-0.4, -0.2) is 115 Å². The Labute approximate surface area is 486 Å². The van der Waals surface area contributed by atoms with Crippen molar-refractivity contribution in [2.24, 2.45) is 0 Å². The van der Waals surface area contributed by atoms with E-state index in [2.05, 4.69) is 31.0 Å². The second kappa shape index (κ2) is 24.2. The number of methoxy groups -OCH3 is 2. The van der Waals surface area contributed by atoms with Crippen LogP contribution in [0.15, 0.2) is 128 Å². The molecule has 0 bridgehead atoms. The maximum absolute atomic E-state index is 15.2. The molecule has 4 aromatic carbocycles. The topological polar surface area (TPSA) is 235 Å². The Balaban J connectivity index is 0.935. The molecule has 0 unspecified atom stereocenters. The van der Waals surface area contributed by atoms with Crippen LogP contribution in [0.4, 0.5) is 38.5 Å². The molecule has 0 fully saturated rings. The van der Waals surface area contributed by atoms with Crippen molar-refractivity contribution in [1.82, 2.24) is 53.5 Å². The summed E-state index contributed by atoms with van der Waals surface area (Å²) in [5.41, 5.74) is -1.77. The van der Waals surface area contributed by atoms with E-state index in [-0.39, 0.29) is 68.3 Å². The quantitative estimate of drug-likeness (QED) is 0.0648. The summed E-state index contributed by atoms with van der Waals surface area (Å²) in [5, 5.41) is 21.8. The van der Waals surface area contributed by atoms with Gasteiger partial charge in [-0.2, -0.15) is 0 Å². The molecule has 6 heterocycles. The van der Waals surface area contributed by atoms with Crippen LogP contribution in [0.5, 0.6) is 11.8 Å². The highest BCUT2D eigenvalue weighted by Crippen LogP contribution is 2.40. The van der Waals surface area contributed by atoms with Crippen molar-refractivity contribution in [2.45, 2.75) is 26.2 Å². The first-order chi connectivity index (χ1) is 40.8. The largest absolute Gasteiger partial charge is 0.480 e. The number of thiophene rings is 2. The van der Waals surface area contributed by atoms with Gasteiger partial charge in [-0.25, -0.2) is 45.9 Å². The summed E-state index contributed by atoms with van der Waals surface area (Å²) >= 11 is 2.10. The number of ether oxygens (including phenoxy) is 2. The molecule has 22 nitrogen and oxygen atoms in total. The molecular weight excluding hydrogens is 1150 g/mol. The first kappa shape index (κ1) is 58.5. The minimum Gasteiger partial charge on any atom is -0.480 e. The first-order valence-corrected chi connectivity index (χ1v) is 27.1. The van der Waals surface area contributed by atoms with Gasteiger partial charge >= 0.3 is 23.4 Å². The van der Waals surface area contributed by atoms with Gasteiger partial charge in [0.25, 0.3) is 11.1 Å². The molecule has 4 amide bonds. The predicted molar refractivity (Wildman–Crippen MR) is 311 cm³/mol. The Hall–Kier alpha value is -9.74. The number of nitrogens with one attached hydrogen (secondary N) is 2. The summed E-state index contributed by atoms with van der Waals surface area (Å²) in [6.45, 7) is -0.839. The van der Waals surface area contributed by atoms with Crippen LogP contribution in [-0.2, 0) is 31.0 Å². The van der Waals surface area contributed by atoms with Gasteiger partial charge in [0.05, 0.1) is 45.2 Å².